The van der Waals surface area contributed by atoms with Gasteiger partial charge in [-0.1, -0.05) is 28.9 Å². The first-order chi connectivity index (χ1) is 12.1. The van der Waals surface area contributed by atoms with E-state index in [2.05, 4.69) is 30.8 Å². The molecule has 0 saturated heterocycles. The Hall–Kier alpha value is -2.38. The first-order valence-corrected chi connectivity index (χ1v) is 8.33. The third-order valence-corrected chi connectivity index (χ3v) is 4.23. The van der Waals surface area contributed by atoms with Crippen LogP contribution in [0.1, 0.15) is 16.2 Å². The van der Waals surface area contributed by atoms with Crippen molar-refractivity contribution in [3.05, 3.63) is 63.3 Å². The molecule has 0 amide bonds. The summed E-state index contributed by atoms with van der Waals surface area (Å²) >= 11 is 9.47. The van der Waals surface area contributed by atoms with Gasteiger partial charge in [-0.05, 0) is 46.3 Å². The number of halogens is 2. The van der Waals surface area contributed by atoms with E-state index in [0.717, 1.165) is 0 Å². The van der Waals surface area contributed by atoms with Gasteiger partial charge < -0.3 is 14.0 Å². The van der Waals surface area contributed by atoms with E-state index >= 15 is 0 Å². The molecule has 0 unspecified atom stereocenters. The number of esters is 1. The molecule has 0 spiro atoms. The van der Waals surface area contributed by atoms with Gasteiger partial charge in [0.15, 0.2) is 6.61 Å². The zero-order valence-electron chi connectivity index (χ0n) is 13.0. The Bertz CT molecular complexity index is 913. The molecule has 0 aliphatic heterocycles. The van der Waals surface area contributed by atoms with Crippen LogP contribution in [0, 0.1) is 0 Å². The van der Waals surface area contributed by atoms with E-state index in [1.54, 1.807) is 30.3 Å². The Morgan fingerprint density at radius 3 is 2.80 bits per heavy atom. The van der Waals surface area contributed by atoms with Crippen molar-refractivity contribution in [1.29, 1.82) is 0 Å². The van der Waals surface area contributed by atoms with Crippen LogP contribution in [0.2, 0.25) is 5.02 Å². The number of aromatic nitrogens is 2. The lowest BCUT2D eigenvalue weighted by molar-refractivity contribution is 0.0600. The van der Waals surface area contributed by atoms with Gasteiger partial charge in [-0.3, -0.25) is 0 Å². The van der Waals surface area contributed by atoms with Gasteiger partial charge in [0.1, 0.15) is 5.75 Å². The molecule has 0 atom stereocenters. The second-order valence-corrected chi connectivity index (χ2v) is 6.18. The average Bonchev–Trinajstić information content (AvgIpc) is 3.09. The maximum absolute atomic E-state index is 11.5. The lowest BCUT2D eigenvalue weighted by Gasteiger charge is -2.07. The fraction of sp³-hybridized carbons (Fsp3) is 0.118. The van der Waals surface area contributed by atoms with Crippen LogP contribution in [0.15, 0.2) is 51.5 Å². The van der Waals surface area contributed by atoms with Gasteiger partial charge in [-0.2, -0.15) is 4.98 Å². The summed E-state index contributed by atoms with van der Waals surface area (Å²) in [5.74, 6) is 0.815. The highest BCUT2D eigenvalue weighted by Crippen LogP contribution is 2.28. The van der Waals surface area contributed by atoms with Gasteiger partial charge in [0, 0.05) is 0 Å². The minimum atomic E-state index is -0.421. The van der Waals surface area contributed by atoms with Crippen LogP contribution in [0.3, 0.4) is 0 Å². The molecule has 8 heteroatoms. The maximum Gasteiger partial charge on any atom is 0.337 e. The van der Waals surface area contributed by atoms with Crippen molar-refractivity contribution >= 4 is 33.5 Å². The second kappa shape index (κ2) is 7.67. The molecule has 0 aliphatic carbocycles. The molecule has 2 aromatic carbocycles. The quantitative estimate of drug-likeness (QED) is 0.562. The van der Waals surface area contributed by atoms with Crippen LogP contribution in [0.5, 0.6) is 5.75 Å². The number of benzene rings is 2. The predicted molar refractivity (Wildman–Crippen MR) is 94.6 cm³/mol. The number of nitrogens with zero attached hydrogens (tertiary/aromatic N) is 2. The molecule has 6 nitrogen and oxygen atoms in total. The van der Waals surface area contributed by atoms with E-state index in [1.807, 2.05) is 12.1 Å². The molecule has 1 heterocycles. The molecule has 3 aromatic rings. The molecule has 0 fully saturated rings. The summed E-state index contributed by atoms with van der Waals surface area (Å²) in [4.78, 5) is 15.8. The van der Waals surface area contributed by atoms with Crippen LogP contribution in [-0.2, 0) is 11.3 Å². The standard InChI is InChI=1S/C17H12BrClN2O4/c1-23-17(22)10-6-7-14(12(18)8-10)24-9-15-20-16(25-21-15)11-4-2-3-5-13(11)19/h2-8H,9H2,1H3. The number of methoxy groups -OCH3 is 1. The van der Waals surface area contributed by atoms with Crippen molar-refractivity contribution in [2.45, 2.75) is 6.61 Å². The zero-order chi connectivity index (χ0) is 17.8. The van der Waals surface area contributed by atoms with Crippen LogP contribution in [0.4, 0.5) is 0 Å². The Kier molecular flexibility index (Phi) is 5.35. The van der Waals surface area contributed by atoms with Gasteiger partial charge in [-0.25, -0.2) is 4.79 Å². The van der Waals surface area contributed by atoms with Gasteiger partial charge in [0.2, 0.25) is 5.82 Å². The normalized spacial score (nSPS) is 10.5. The summed E-state index contributed by atoms with van der Waals surface area (Å²) in [7, 11) is 1.33. The molecule has 1 aromatic heterocycles. The van der Waals surface area contributed by atoms with Crippen molar-refractivity contribution < 1.29 is 18.8 Å². The van der Waals surface area contributed by atoms with Crippen molar-refractivity contribution in [2.24, 2.45) is 0 Å². The van der Waals surface area contributed by atoms with E-state index in [9.17, 15) is 4.79 Å². The zero-order valence-corrected chi connectivity index (χ0v) is 15.4. The summed E-state index contributed by atoms with van der Waals surface area (Å²) in [6.07, 6.45) is 0. The van der Waals surface area contributed by atoms with Gasteiger partial charge >= 0.3 is 5.97 Å². The number of hydrogen-bond donors (Lipinski definition) is 0. The molecule has 0 radical (unpaired) electrons. The van der Waals surface area contributed by atoms with Gasteiger partial charge in [0.25, 0.3) is 5.89 Å². The predicted octanol–water partition coefficient (Wildman–Crippen LogP) is 4.52. The summed E-state index contributed by atoms with van der Waals surface area (Å²) in [5, 5.41) is 4.41. The molecule has 0 saturated carbocycles. The second-order valence-electron chi connectivity index (χ2n) is 4.92. The summed E-state index contributed by atoms with van der Waals surface area (Å²) < 4.78 is 16.2. The highest BCUT2D eigenvalue weighted by molar-refractivity contribution is 9.10. The van der Waals surface area contributed by atoms with Crippen molar-refractivity contribution in [2.75, 3.05) is 7.11 Å². The van der Waals surface area contributed by atoms with Crippen LogP contribution >= 0.6 is 27.5 Å². The number of rotatable bonds is 5. The fourth-order valence-electron chi connectivity index (χ4n) is 2.06. The molecule has 25 heavy (non-hydrogen) atoms. The molecule has 128 valence electrons. The Balaban J connectivity index is 1.71. The maximum atomic E-state index is 11.5. The largest absolute Gasteiger partial charge is 0.484 e. The molecule has 0 N–H and O–H groups in total. The molecule has 3 rings (SSSR count). The van der Waals surface area contributed by atoms with E-state index in [-0.39, 0.29) is 6.61 Å². The minimum Gasteiger partial charge on any atom is -0.484 e. The van der Waals surface area contributed by atoms with E-state index < -0.39 is 5.97 Å². The third kappa shape index (κ3) is 4.00. The SMILES string of the molecule is COC(=O)c1ccc(OCc2noc(-c3ccccc3Cl)n2)c(Br)c1. The van der Waals surface area contributed by atoms with E-state index in [1.165, 1.54) is 7.11 Å². The van der Waals surface area contributed by atoms with Crippen LogP contribution in [-0.4, -0.2) is 23.2 Å². The topological polar surface area (TPSA) is 74.5 Å². The van der Waals surface area contributed by atoms with Crippen LogP contribution in [0.25, 0.3) is 11.5 Å². The van der Waals surface area contributed by atoms with Gasteiger partial charge in [0.05, 0.1) is 27.7 Å². The highest BCUT2D eigenvalue weighted by Gasteiger charge is 2.13. The van der Waals surface area contributed by atoms with Crippen molar-refractivity contribution in [3.63, 3.8) is 0 Å². The molecule has 0 bridgehead atoms. The fourth-order valence-corrected chi connectivity index (χ4v) is 2.77. The Morgan fingerprint density at radius 2 is 2.08 bits per heavy atom. The summed E-state index contributed by atoms with van der Waals surface area (Å²) in [6.45, 7) is 0.101. The number of ether oxygens (including phenoxy) is 2. The Morgan fingerprint density at radius 1 is 1.28 bits per heavy atom. The van der Waals surface area contributed by atoms with Gasteiger partial charge in [-0.15, -0.1) is 0 Å². The molecule has 0 aliphatic rings. The van der Waals surface area contributed by atoms with Crippen LogP contribution < -0.4 is 4.74 Å². The van der Waals surface area contributed by atoms with Crippen molar-refractivity contribution in [1.82, 2.24) is 10.1 Å². The first kappa shape index (κ1) is 17.4. The average molecular weight is 424 g/mol. The lowest BCUT2D eigenvalue weighted by atomic mass is 10.2. The Labute approximate surface area is 156 Å². The number of carbonyl (C=O) groups excluding carboxylic acids is 1. The summed E-state index contributed by atoms with van der Waals surface area (Å²) in [6, 6.07) is 12.1. The highest BCUT2D eigenvalue weighted by atomic mass is 79.9. The molecular formula is C17H12BrClN2O4. The minimum absolute atomic E-state index is 0.101. The lowest BCUT2D eigenvalue weighted by Crippen LogP contribution is -2.02. The smallest absolute Gasteiger partial charge is 0.337 e. The monoisotopic (exact) mass is 422 g/mol. The van der Waals surface area contributed by atoms with E-state index in [0.29, 0.717) is 38.1 Å². The number of hydrogen-bond acceptors (Lipinski definition) is 6. The van der Waals surface area contributed by atoms with E-state index in [4.69, 9.17) is 20.9 Å². The first-order valence-electron chi connectivity index (χ1n) is 7.16. The van der Waals surface area contributed by atoms with Crippen molar-refractivity contribution in [3.8, 4) is 17.2 Å². The third-order valence-electron chi connectivity index (χ3n) is 3.28. The molecular weight excluding hydrogens is 412 g/mol. The number of carbonyl (C=O) groups is 1. The summed E-state index contributed by atoms with van der Waals surface area (Å²) in [5.41, 5.74) is 1.08.